The normalized spacial score (nSPS) is 12.6. The van der Waals surface area contributed by atoms with Crippen LogP contribution in [0.4, 0.5) is 0 Å². The van der Waals surface area contributed by atoms with Crippen LogP contribution >= 0.6 is 67.8 Å². The topological polar surface area (TPSA) is 49.4 Å². The summed E-state index contributed by atoms with van der Waals surface area (Å²) < 4.78 is 28.1. The van der Waals surface area contributed by atoms with Gasteiger partial charge in [0.15, 0.2) is 0 Å². The van der Waals surface area contributed by atoms with E-state index in [0.29, 0.717) is 5.75 Å². The lowest BCUT2D eigenvalue weighted by atomic mass is 10.3. The third-order valence-electron chi connectivity index (χ3n) is 1.12. The van der Waals surface area contributed by atoms with Gasteiger partial charge in [0, 0.05) is 10.7 Å². The molecule has 1 aromatic rings. The Hall–Kier alpha value is 1.32. The van der Waals surface area contributed by atoms with Crippen molar-refractivity contribution in [2.24, 2.45) is 0 Å². The molecule has 72 valence electrons. The first kappa shape index (κ1) is 12.4. The fourth-order valence-electron chi connectivity index (χ4n) is 0.659. The molecule has 0 saturated carbocycles. The summed E-state index contributed by atoms with van der Waals surface area (Å²) in [5.74, 6) is 0.350. The largest absolute Gasteiger partial charge is 0.740 e. The Morgan fingerprint density at radius 3 is 2.08 bits per heavy atom. The van der Waals surface area contributed by atoms with Gasteiger partial charge in [0.05, 0.1) is 0 Å². The van der Waals surface area contributed by atoms with Crippen LogP contribution in [0.25, 0.3) is 0 Å². The van der Waals surface area contributed by atoms with Crippen molar-refractivity contribution in [2.45, 2.75) is 0 Å². The summed E-state index contributed by atoms with van der Waals surface area (Å²) in [6.45, 7) is 0. The van der Waals surface area contributed by atoms with E-state index in [1.807, 2.05) is 0 Å². The van der Waals surface area contributed by atoms with Gasteiger partial charge in [-0.3, -0.25) is 0 Å². The summed E-state index contributed by atoms with van der Waals surface area (Å²) in [5, 5.41) is 0. The maximum Gasteiger partial charge on any atom is 0.141 e. The van der Waals surface area contributed by atoms with Crippen molar-refractivity contribution in [3.8, 4) is 5.75 Å². The zero-order valence-corrected chi connectivity index (χ0v) is 13.2. The molecule has 0 aromatic heterocycles. The monoisotopic (exact) mass is 535 g/mol. The SMILES string of the molecule is O=S([O-])Oc1cc(I)c(I)c(I)c1. The van der Waals surface area contributed by atoms with E-state index >= 15 is 0 Å². The highest BCUT2D eigenvalue weighted by Crippen LogP contribution is 2.26. The van der Waals surface area contributed by atoms with E-state index in [2.05, 4.69) is 72.0 Å². The fraction of sp³-hybridized carbons (Fsp3) is 0. The second-order valence-corrected chi connectivity index (χ2v) is 5.97. The molecular weight excluding hydrogens is 533 g/mol. The summed E-state index contributed by atoms with van der Waals surface area (Å²) in [4.78, 5) is 0. The minimum Gasteiger partial charge on any atom is -0.740 e. The Morgan fingerprint density at radius 1 is 1.23 bits per heavy atom. The van der Waals surface area contributed by atoms with Crippen LogP contribution in [-0.2, 0) is 11.4 Å². The van der Waals surface area contributed by atoms with E-state index in [4.69, 9.17) is 0 Å². The van der Waals surface area contributed by atoms with E-state index in [9.17, 15) is 8.76 Å². The first-order valence-corrected chi connectivity index (χ1v) is 7.16. The molecule has 0 aliphatic carbocycles. The number of halogens is 3. The molecule has 1 atom stereocenters. The van der Waals surface area contributed by atoms with Crippen LogP contribution < -0.4 is 4.18 Å². The zero-order chi connectivity index (χ0) is 10.0. The lowest BCUT2D eigenvalue weighted by molar-refractivity contribution is 0.440. The van der Waals surface area contributed by atoms with Crippen molar-refractivity contribution in [3.05, 3.63) is 22.8 Å². The lowest BCUT2D eigenvalue weighted by Gasteiger charge is -2.09. The lowest BCUT2D eigenvalue weighted by Crippen LogP contribution is -1.99. The first-order chi connectivity index (χ1) is 6.00. The van der Waals surface area contributed by atoms with Crippen molar-refractivity contribution >= 4 is 79.1 Å². The molecule has 0 bridgehead atoms. The molecule has 3 nitrogen and oxygen atoms in total. The molecule has 0 heterocycles. The summed E-state index contributed by atoms with van der Waals surface area (Å²) >= 11 is 3.95. The van der Waals surface area contributed by atoms with Crippen LogP contribution in [-0.4, -0.2) is 8.76 Å². The number of hydrogen-bond acceptors (Lipinski definition) is 3. The van der Waals surface area contributed by atoms with Crippen molar-refractivity contribution in [1.82, 2.24) is 0 Å². The molecule has 1 rings (SSSR count). The van der Waals surface area contributed by atoms with E-state index in [-0.39, 0.29) is 0 Å². The molecule has 7 heteroatoms. The van der Waals surface area contributed by atoms with Crippen LogP contribution in [0.1, 0.15) is 0 Å². The summed E-state index contributed by atoms with van der Waals surface area (Å²) in [6.07, 6.45) is 0. The van der Waals surface area contributed by atoms with Crippen LogP contribution in [0.2, 0.25) is 0 Å². The van der Waals surface area contributed by atoms with Gasteiger partial charge >= 0.3 is 0 Å². The zero-order valence-electron chi connectivity index (χ0n) is 5.92. The highest BCUT2D eigenvalue weighted by atomic mass is 127. The molecule has 0 spiro atoms. The minimum atomic E-state index is -2.50. The van der Waals surface area contributed by atoms with Crippen molar-refractivity contribution in [3.63, 3.8) is 0 Å². The quantitative estimate of drug-likeness (QED) is 0.333. The van der Waals surface area contributed by atoms with Crippen molar-refractivity contribution in [2.75, 3.05) is 0 Å². The standard InChI is InChI=1S/C6H3I3O3S/c7-4-1-3(12-13(10)11)2-5(8)6(4)9/h1-2H,(H,10,11)/p-1. The van der Waals surface area contributed by atoms with Crippen LogP contribution in [0.5, 0.6) is 5.75 Å². The molecule has 0 N–H and O–H groups in total. The van der Waals surface area contributed by atoms with Gasteiger partial charge in [-0.25, -0.2) is 4.21 Å². The predicted octanol–water partition coefficient (Wildman–Crippen LogP) is 2.67. The number of hydrogen-bond donors (Lipinski definition) is 0. The van der Waals surface area contributed by atoms with Gasteiger partial charge in [0.1, 0.15) is 17.1 Å². The summed E-state index contributed by atoms with van der Waals surface area (Å²) in [5.41, 5.74) is 0. The Kier molecular flexibility index (Phi) is 5.16. The molecule has 0 aliphatic rings. The van der Waals surface area contributed by atoms with Gasteiger partial charge in [-0.1, -0.05) is 0 Å². The van der Waals surface area contributed by atoms with Gasteiger partial charge < -0.3 is 8.74 Å². The molecule has 0 fully saturated rings. The Bertz CT molecular complexity index is 332. The first-order valence-electron chi connectivity index (χ1n) is 2.93. The van der Waals surface area contributed by atoms with Crippen LogP contribution in [0, 0.1) is 10.7 Å². The highest BCUT2D eigenvalue weighted by Gasteiger charge is 2.05. The molecule has 0 radical (unpaired) electrons. The molecule has 1 aromatic carbocycles. The maximum atomic E-state index is 10.2. The van der Waals surface area contributed by atoms with Crippen LogP contribution in [0.3, 0.4) is 0 Å². The Morgan fingerprint density at radius 2 is 1.69 bits per heavy atom. The van der Waals surface area contributed by atoms with Gasteiger partial charge in [0.25, 0.3) is 0 Å². The molecule has 1 unspecified atom stereocenters. The molecule has 13 heavy (non-hydrogen) atoms. The molecule has 0 amide bonds. The second kappa shape index (κ2) is 5.42. The number of rotatable bonds is 2. The van der Waals surface area contributed by atoms with Gasteiger partial charge in [-0.05, 0) is 79.9 Å². The Balaban J connectivity index is 3.06. The fourth-order valence-corrected chi connectivity index (χ4v) is 2.93. The third kappa shape index (κ3) is 3.76. The Labute approximate surface area is 119 Å². The van der Waals surface area contributed by atoms with Crippen molar-refractivity contribution < 1.29 is 12.9 Å². The predicted molar refractivity (Wildman–Crippen MR) is 74.1 cm³/mol. The van der Waals surface area contributed by atoms with E-state index in [1.165, 1.54) is 0 Å². The maximum absolute atomic E-state index is 10.2. The third-order valence-corrected chi connectivity index (χ3v) is 6.38. The van der Waals surface area contributed by atoms with E-state index < -0.39 is 11.4 Å². The smallest absolute Gasteiger partial charge is 0.141 e. The number of benzene rings is 1. The highest BCUT2D eigenvalue weighted by molar-refractivity contribution is 14.1. The van der Waals surface area contributed by atoms with E-state index in [0.717, 1.165) is 10.7 Å². The second-order valence-electron chi connectivity index (χ2n) is 1.99. The molecule has 0 saturated heterocycles. The average Bonchev–Trinajstić information content (AvgIpc) is 1.98. The van der Waals surface area contributed by atoms with Gasteiger partial charge in [-0.15, -0.1) is 0 Å². The molecule has 0 aliphatic heterocycles. The van der Waals surface area contributed by atoms with Crippen LogP contribution in [0.15, 0.2) is 12.1 Å². The summed E-state index contributed by atoms with van der Waals surface area (Å²) in [6, 6.07) is 3.36. The van der Waals surface area contributed by atoms with Crippen molar-refractivity contribution in [1.29, 1.82) is 0 Å². The van der Waals surface area contributed by atoms with Gasteiger partial charge in [-0.2, -0.15) is 0 Å². The minimum absolute atomic E-state index is 0.350. The van der Waals surface area contributed by atoms with Gasteiger partial charge in [0.2, 0.25) is 0 Å². The molecular formula is C6H2I3O3S-. The summed E-state index contributed by atoms with van der Waals surface area (Å²) in [7, 11) is 0. The average molecular weight is 535 g/mol. The van der Waals surface area contributed by atoms with E-state index in [1.54, 1.807) is 12.1 Å².